The van der Waals surface area contributed by atoms with Gasteiger partial charge in [-0.2, -0.15) is 0 Å². The van der Waals surface area contributed by atoms with E-state index in [9.17, 15) is 0 Å². The SMILES string of the molecule is CC(C)(C)NCc1cc(-n2ccnc2)nc2ccccc12. The minimum atomic E-state index is 0.0829. The molecule has 4 heteroatoms. The lowest BCUT2D eigenvalue weighted by molar-refractivity contribution is 0.425. The fraction of sp³-hybridized carbons (Fsp3) is 0.294. The van der Waals surface area contributed by atoms with Crippen LogP contribution in [0.5, 0.6) is 0 Å². The number of hydrogen-bond acceptors (Lipinski definition) is 3. The van der Waals surface area contributed by atoms with Crippen LogP contribution in [0, 0.1) is 0 Å². The van der Waals surface area contributed by atoms with Crippen molar-refractivity contribution in [1.29, 1.82) is 0 Å². The Labute approximate surface area is 124 Å². The molecule has 3 rings (SSSR count). The van der Waals surface area contributed by atoms with E-state index < -0.39 is 0 Å². The topological polar surface area (TPSA) is 42.7 Å². The zero-order chi connectivity index (χ0) is 14.9. The largest absolute Gasteiger partial charge is 0.308 e. The van der Waals surface area contributed by atoms with Gasteiger partial charge in [-0.15, -0.1) is 0 Å². The smallest absolute Gasteiger partial charge is 0.138 e. The van der Waals surface area contributed by atoms with Gasteiger partial charge in [0.2, 0.25) is 0 Å². The van der Waals surface area contributed by atoms with E-state index in [4.69, 9.17) is 4.98 Å². The summed E-state index contributed by atoms with van der Waals surface area (Å²) in [5, 5.41) is 4.74. The molecule has 1 aromatic carbocycles. The number of nitrogens with one attached hydrogen (secondary N) is 1. The molecule has 0 bridgehead atoms. The molecule has 3 aromatic rings. The van der Waals surface area contributed by atoms with Gasteiger partial charge in [0.1, 0.15) is 12.1 Å². The molecule has 108 valence electrons. The molecule has 4 nitrogen and oxygen atoms in total. The Balaban J connectivity index is 2.07. The van der Waals surface area contributed by atoms with Gasteiger partial charge in [0.05, 0.1) is 5.52 Å². The summed E-state index contributed by atoms with van der Waals surface area (Å²) < 4.78 is 1.94. The maximum Gasteiger partial charge on any atom is 0.138 e. The van der Waals surface area contributed by atoms with Gasteiger partial charge in [0.15, 0.2) is 0 Å². The molecule has 0 fully saturated rings. The summed E-state index contributed by atoms with van der Waals surface area (Å²) in [5.74, 6) is 0.900. The number of hydrogen-bond donors (Lipinski definition) is 1. The number of imidazole rings is 1. The molecule has 21 heavy (non-hydrogen) atoms. The first-order valence-electron chi connectivity index (χ1n) is 7.15. The van der Waals surface area contributed by atoms with Crippen molar-refractivity contribution in [2.24, 2.45) is 0 Å². The molecule has 0 aliphatic carbocycles. The molecule has 0 atom stereocenters. The van der Waals surface area contributed by atoms with Crippen LogP contribution in [0.25, 0.3) is 16.7 Å². The fourth-order valence-corrected chi connectivity index (χ4v) is 2.27. The lowest BCUT2D eigenvalue weighted by Crippen LogP contribution is -2.35. The molecular weight excluding hydrogens is 260 g/mol. The van der Waals surface area contributed by atoms with Crippen molar-refractivity contribution in [2.45, 2.75) is 32.9 Å². The maximum atomic E-state index is 4.72. The summed E-state index contributed by atoms with van der Waals surface area (Å²) >= 11 is 0. The Hall–Kier alpha value is -2.20. The lowest BCUT2D eigenvalue weighted by atomic mass is 10.1. The highest BCUT2D eigenvalue weighted by Crippen LogP contribution is 2.20. The molecule has 0 aliphatic heterocycles. The van der Waals surface area contributed by atoms with E-state index in [-0.39, 0.29) is 5.54 Å². The third-order valence-electron chi connectivity index (χ3n) is 3.37. The third kappa shape index (κ3) is 3.11. The number of fused-ring (bicyclic) bond motifs is 1. The number of rotatable bonds is 3. The predicted octanol–water partition coefficient (Wildman–Crippen LogP) is 3.31. The van der Waals surface area contributed by atoms with E-state index in [0.717, 1.165) is 17.9 Å². The van der Waals surface area contributed by atoms with Crippen molar-refractivity contribution in [3.63, 3.8) is 0 Å². The Morgan fingerprint density at radius 1 is 1.19 bits per heavy atom. The molecule has 2 aromatic heterocycles. The second kappa shape index (κ2) is 5.30. The van der Waals surface area contributed by atoms with Crippen molar-refractivity contribution >= 4 is 10.9 Å². The van der Waals surface area contributed by atoms with Crippen LogP contribution in [0.2, 0.25) is 0 Å². The quantitative estimate of drug-likeness (QED) is 0.800. The lowest BCUT2D eigenvalue weighted by Gasteiger charge is -2.21. The van der Waals surface area contributed by atoms with Crippen molar-refractivity contribution < 1.29 is 0 Å². The summed E-state index contributed by atoms with van der Waals surface area (Å²) in [6.45, 7) is 7.34. The molecule has 0 aliphatic rings. The van der Waals surface area contributed by atoms with Crippen LogP contribution in [0.3, 0.4) is 0 Å². The normalized spacial score (nSPS) is 12.0. The summed E-state index contributed by atoms with van der Waals surface area (Å²) in [7, 11) is 0. The summed E-state index contributed by atoms with van der Waals surface area (Å²) in [5.41, 5.74) is 2.34. The second-order valence-electron chi connectivity index (χ2n) is 6.23. The molecule has 2 heterocycles. The average Bonchev–Trinajstić information content (AvgIpc) is 2.98. The van der Waals surface area contributed by atoms with Crippen LogP contribution in [-0.2, 0) is 6.54 Å². The number of benzene rings is 1. The standard InChI is InChI=1S/C17H20N4/c1-17(2,3)19-11-13-10-16(21-9-8-18-12-21)20-15-7-5-4-6-14(13)15/h4-10,12,19H,11H2,1-3H3. The van der Waals surface area contributed by atoms with Crippen LogP contribution in [0.15, 0.2) is 49.1 Å². The first-order valence-corrected chi connectivity index (χ1v) is 7.15. The van der Waals surface area contributed by atoms with Crippen LogP contribution >= 0.6 is 0 Å². The maximum absolute atomic E-state index is 4.72. The van der Waals surface area contributed by atoms with E-state index in [0.29, 0.717) is 0 Å². The first kappa shape index (κ1) is 13.8. The zero-order valence-corrected chi connectivity index (χ0v) is 12.7. The Morgan fingerprint density at radius 2 is 2.00 bits per heavy atom. The van der Waals surface area contributed by atoms with Crippen molar-refractivity contribution in [3.05, 3.63) is 54.6 Å². The molecule has 0 amide bonds. The van der Waals surface area contributed by atoms with Crippen molar-refractivity contribution in [3.8, 4) is 5.82 Å². The Kier molecular flexibility index (Phi) is 3.47. The number of para-hydroxylation sites is 1. The van der Waals surface area contributed by atoms with Crippen molar-refractivity contribution in [1.82, 2.24) is 19.9 Å². The Bertz CT molecular complexity index is 739. The minimum absolute atomic E-state index is 0.0829. The van der Waals surface area contributed by atoms with Gasteiger partial charge in [-0.05, 0) is 38.5 Å². The van der Waals surface area contributed by atoms with Gasteiger partial charge in [-0.25, -0.2) is 9.97 Å². The van der Waals surface area contributed by atoms with E-state index in [1.165, 1.54) is 10.9 Å². The van der Waals surface area contributed by atoms with Gasteiger partial charge in [0.25, 0.3) is 0 Å². The zero-order valence-electron chi connectivity index (χ0n) is 12.7. The first-order chi connectivity index (χ1) is 10.0. The predicted molar refractivity (Wildman–Crippen MR) is 85.5 cm³/mol. The molecular formula is C17H20N4. The molecule has 0 saturated carbocycles. The molecule has 0 radical (unpaired) electrons. The molecule has 0 spiro atoms. The fourth-order valence-electron chi connectivity index (χ4n) is 2.27. The molecule has 1 N–H and O–H groups in total. The monoisotopic (exact) mass is 280 g/mol. The van der Waals surface area contributed by atoms with E-state index in [1.807, 2.05) is 16.8 Å². The van der Waals surface area contributed by atoms with Crippen LogP contribution in [-0.4, -0.2) is 20.1 Å². The van der Waals surface area contributed by atoms with Crippen LogP contribution < -0.4 is 5.32 Å². The molecule has 0 unspecified atom stereocenters. The molecule has 0 saturated heterocycles. The average molecular weight is 280 g/mol. The highest BCUT2D eigenvalue weighted by Gasteiger charge is 2.11. The van der Waals surface area contributed by atoms with Crippen LogP contribution in [0.1, 0.15) is 26.3 Å². The third-order valence-corrected chi connectivity index (χ3v) is 3.37. The van der Waals surface area contributed by atoms with Gasteiger partial charge >= 0.3 is 0 Å². The number of aromatic nitrogens is 3. The minimum Gasteiger partial charge on any atom is -0.308 e. The van der Waals surface area contributed by atoms with Gasteiger partial charge < -0.3 is 5.32 Å². The van der Waals surface area contributed by atoms with Gasteiger partial charge in [-0.3, -0.25) is 4.57 Å². The van der Waals surface area contributed by atoms with E-state index >= 15 is 0 Å². The highest BCUT2D eigenvalue weighted by atomic mass is 15.1. The Morgan fingerprint density at radius 3 is 2.71 bits per heavy atom. The van der Waals surface area contributed by atoms with E-state index in [1.54, 1.807) is 12.5 Å². The summed E-state index contributed by atoms with van der Waals surface area (Å²) in [6.07, 6.45) is 5.46. The van der Waals surface area contributed by atoms with E-state index in [2.05, 4.69) is 55.3 Å². The van der Waals surface area contributed by atoms with Gasteiger partial charge in [0, 0.05) is 29.9 Å². The second-order valence-corrected chi connectivity index (χ2v) is 6.23. The highest BCUT2D eigenvalue weighted by molar-refractivity contribution is 5.83. The van der Waals surface area contributed by atoms with Crippen LogP contribution in [0.4, 0.5) is 0 Å². The van der Waals surface area contributed by atoms with Gasteiger partial charge in [-0.1, -0.05) is 18.2 Å². The summed E-state index contributed by atoms with van der Waals surface area (Å²) in [4.78, 5) is 8.82. The number of pyridine rings is 1. The number of nitrogens with zero attached hydrogens (tertiary/aromatic N) is 3. The summed E-state index contributed by atoms with van der Waals surface area (Å²) in [6, 6.07) is 10.4. The van der Waals surface area contributed by atoms with Crippen molar-refractivity contribution in [2.75, 3.05) is 0 Å².